The summed E-state index contributed by atoms with van der Waals surface area (Å²) in [5.41, 5.74) is 0.841. The molecule has 0 bridgehead atoms. The molecule has 0 atom stereocenters. The summed E-state index contributed by atoms with van der Waals surface area (Å²) in [5.74, 6) is 0.249. The summed E-state index contributed by atoms with van der Waals surface area (Å²) in [6, 6.07) is 7.81. The summed E-state index contributed by atoms with van der Waals surface area (Å²) in [5, 5.41) is 0. The Balaban J connectivity index is 2.82. The van der Waals surface area contributed by atoms with Gasteiger partial charge in [0.25, 0.3) is 0 Å². The van der Waals surface area contributed by atoms with Gasteiger partial charge >= 0.3 is 0 Å². The maximum Gasteiger partial charge on any atom is 0.162 e. The molecule has 0 aliphatic carbocycles. The fraction of sp³-hybridized carbons (Fsp3) is 0.364. The smallest absolute Gasteiger partial charge is 0.162 e. The number of thioether (sulfide) groups is 1. The van der Waals surface area contributed by atoms with E-state index >= 15 is 0 Å². The molecule has 70 valence electrons. The van der Waals surface area contributed by atoms with Gasteiger partial charge in [-0.2, -0.15) is 0 Å². The maximum absolute atomic E-state index is 11.5. The van der Waals surface area contributed by atoms with Crippen molar-refractivity contribution in [1.29, 1.82) is 0 Å². The summed E-state index contributed by atoms with van der Waals surface area (Å²) < 4.78 is 0. The van der Waals surface area contributed by atoms with E-state index in [4.69, 9.17) is 0 Å². The van der Waals surface area contributed by atoms with Gasteiger partial charge in [-0.1, -0.05) is 19.1 Å². The predicted octanol–water partition coefficient (Wildman–Crippen LogP) is 3.39. The minimum atomic E-state index is 0.249. The SMILES string of the molecule is CCCC(=O)c1cccc(SC)c1. The van der Waals surface area contributed by atoms with Crippen molar-refractivity contribution < 1.29 is 4.79 Å². The molecule has 0 fully saturated rings. The molecule has 1 rings (SSSR count). The Labute approximate surface area is 83.5 Å². The van der Waals surface area contributed by atoms with Gasteiger partial charge < -0.3 is 0 Å². The van der Waals surface area contributed by atoms with Crippen molar-refractivity contribution in [3.8, 4) is 0 Å². The van der Waals surface area contributed by atoms with Gasteiger partial charge in [0.15, 0.2) is 5.78 Å². The lowest BCUT2D eigenvalue weighted by atomic mass is 10.1. The normalized spacial score (nSPS) is 10.0. The zero-order chi connectivity index (χ0) is 9.68. The van der Waals surface area contributed by atoms with Crippen molar-refractivity contribution in [1.82, 2.24) is 0 Å². The van der Waals surface area contributed by atoms with Crippen LogP contribution in [0.25, 0.3) is 0 Å². The Morgan fingerprint density at radius 1 is 1.46 bits per heavy atom. The van der Waals surface area contributed by atoms with Crippen LogP contribution in [0.1, 0.15) is 30.1 Å². The third-order valence-corrected chi connectivity index (χ3v) is 2.59. The average molecular weight is 194 g/mol. The molecule has 0 saturated heterocycles. The summed E-state index contributed by atoms with van der Waals surface area (Å²) in [6.45, 7) is 2.02. The van der Waals surface area contributed by atoms with Crippen LogP contribution in [-0.4, -0.2) is 12.0 Å². The van der Waals surface area contributed by atoms with Crippen molar-refractivity contribution in [2.75, 3.05) is 6.26 Å². The molecule has 0 aliphatic rings. The molecule has 0 saturated carbocycles. The number of Topliss-reactive ketones (excluding diaryl/α,β-unsaturated/α-hetero) is 1. The zero-order valence-electron chi connectivity index (χ0n) is 8.04. The highest BCUT2D eigenvalue weighted by Gasteiger charge is 2.03. The number of carbonyl (C=O) groups is 1. The second-order valence-corrected chi connectivity index (χ2v) is 3.78. The lowest BCUT2D eigenvalue weighted by Crippen LogP contribution is -1.97. The molecule has 1 nitrogen and oxygen atoms in total. The highest BCUT2D eigenvalue weighted by atomic mass is 32.2. The van der Waals surface area contributed by atoms with Gasteiger partial charge in [0, 0.05) is 16.9 Å². The third-order valence-electron chi connectivity index (χ3n) is 1.87. The van der Waals surface area contributed by atoms with Crippen LogP contribution in [0.4, 0.5) is 0 Å². The fourth-order valence-electron chi connectivity index (χ4n) is 1.17. The quantitative estimate of drug-likeness (QED) is 0.540. The third kappa shape index (κ3) is 2.88. The molecule has 1 aromatic rings. The van der Waals surface area contributed by atoms with E-state index in [1.165, 1.54) is 0 Å². The molecule has 0 N–H and O–H groups in total. The maximum atomic E-state index is 11.5. The molecule has 0 spiro atoms. The van der Waals surface area contributed by atoms with Crippen LogP contribution in [-0.2, 0) is 0 Å². The number of carbonyl (C=O) groups excluding carboxylic acids is 1. The Morgan fingerprint density at radius 2 is 2.23 bits per heavy atom. The van der Waals surface area contributed by atoms with Gasteiger partial charge in [0.1, 0.15) is 0 Å². The monoisotopic (exact) mass is 194 g/mol. The molecule has 13 heavy (non-hydrogen) atoms. The Bertz CT molecular complexity index is 294. The van der Waals surface area contributed by atoms with Gasteiger partial charge in [0.2, 0.25) is 0 Å². The Hall–Kier alpha value is -0.760. The van der Waals surface area contributed by atoms with E-state index in [9.17, 15) is 4.79 Å². The molecule has 0 heterocycles. The van der Waals surface area contributed by atoms with Crippen LogP contribution < -0.4 is 0 Å². The second-order valence-electron chi connectivity index (χ2n) is 2.91. The van der Waals surface area contributed by atoms with E-state index in [1.54, 1.807) is 11.8 Å². The van der Waals surface area contributed by atoms with E-state index in [0.717, 1.165) is 16.9 Å². The zero-order valence-corrected chi connectivity index (χ0v) is 8.86. The number of hydrogen-bond acceptors (Lipinski definition) is 2. The highest BCUT2D eigenvalue weighted by Crippen LogP contribution is 2.16. The minimum Gasteiger partial charge on any atom is -0.294 e. The van der Waals surface area contributed by atoms with Crippen molar-refractivity contribution in [2.24, 2.45) is 0 Å². The van der Waals surface area contributed by atoms with Crippen LogP contribution >= 0.6 is 11.8 Å². The number of hydrogen-bond donors (Lipinski definition) is 0. The summed E-state index contributed by atoms with van der Waals surface area (Å²) in [4.78, 5) is 12.7. The lowest BCUT2D eigenvalue weighted by molar-refractivity contribution is 0.0981. The van der Waals surface area contributed by atoms with Gasteiger partial charge in [-0.05, 0) is 24.8 Å². The van der Waals surface area contributed by atoms with Crippen molar-refractivity contribution >= 4 is 17.5 Å². The lowest BCUT2D eigenvalue weighted by Gasteiger charge is -2.00. The molecule has 0 radical (unpaired) electrons. The first-order valence-electron chi connectivity index (χ1n) is 4.45. The number of benzene rings is 1. The van der Waals surface area contributed by atoms with Gasteiger partial charge in [-0.25, -0.2) is 0 Å². The van der Waals surface area contributed by atoms with Crippen LogP contribution in [0.5, 0.6) is 0 Å². The molecular formula is C11H14OS. The predicted molar refractivity (Wildman–Crippen MR) is 57.5 cm³/mol. The first-order valence-corrected chi connectivity index (χ1v) is 5.67. The van der Waals surface area contributed by atoms with Crippen LogP contribution in [0, 0.1) is 0 Å². The van der Waals surface area contributed by atoms with Gasteiger partial charge in [-0.15, -0.1) is 11.8 Å². The molecular weight excluding hydrogens is 180 g/mol. The first kappa shape index (κ1) is 10.3. The summed E-state index contributed by atoms with van der Waals surface area (Å²) >= 11 is 1.67. The first-order chi connectivity index (χ1) is 6.27. The number of rotatable bonds is 4. The molecule has 1 aromatic carbocycles. The fourth-order valence-corrected chi connectivity index (χ4v) is 1.63. The van der Waals surface area contributed by atoms with E-state index < -0.39 is 0 Å². The van der Waals surface area contributed by atoms with E-state index in [-0.39, 0.29) is 5.78 Å². The van der Waals surface area contributed by atoms with E-state index in [0.29, 0.717) is 6.42 Å². The van der Waals surface area contributed by atoms with Gasteiger partial charge in [-0.3, -0.25) is 4.79 Å². The molecule has 0 aliphatic heterocycles. The van der Waals surface area contributed by atoms with E-state index in [2.05, 4.69) is 0 Å². The highest BCUT2D eigenvalue weighted by molar-refractivity contribution is 7.98. The van der Waals surface area contributed by atoms with Crippen molar-refractivity contribution in [3.05, 3.63) is 29.8 Å². The van der Waals surface area contributed by atoms with Crippen LogP contribution in [0.15, 0.2) is 29.2 Å². The summed E-state index contributed by atoms with van der Waals surface area (Å²) in [6.07, 6.45) is 3.59. The standard InChI is InChI=1S/C11H14OS/c1-3-5-11(12)9-6-4-7-10(8-9)13-2/h4,6-8H,3,5H2,1-2H3. The molecule has 2 heteroatoms. The topological polar surface area (TPSA) is 17.1 Å². The minimum absolute atomic E-state index is 0.249. The van der Waals surface area contributed by atoms with Gasteiger partial charge in [0.05, 0.1) is 0 Å². The Morgan fingerprint density at radius 3 is 2.85 bits per heavy atom. The second kappa shape index (κ2) is 5.07. The summed E-state index contributed by atoms with van der Waals surface area (Å²) in [7, 11) is 0. The molecule has 0 aromatic heterocycles. The molecule has 0 unspecified atom stereocenters. The van der Waals surface area contributed by atoms with Crippen molar-refractivity contribution in [3.63, 3.8) is 0 Å². The van der Waals surface area contributed by atoms with Crippen molar-refractivity contribution in [2.45, 2.75) is 24.7 Å². The van der Waals surface area contributed by atoms with E-state index in [1.807, 2.05) is 37.4 Å². The average Bonchev–Trinajstić information content (AvgIpc) is 2.18. The Kier molecular flexibility index (Phi) is 4.03. The van der Waals surface area contributed by atoms with Crippen LogP contribution in [0.2, 0.25) is 0 Å². The molecule has 0 amide bonds. The number of ketones is 1. The largest absolute Gasteiger partial charge is 0.294 e. The van der Waals surface area contributed by atoms with Crippen LogP contribution in [0.3, 0.4) is 0 Å².